The Morgan fingerprint density at radius 2 is 2.00 bits per heavy atom. The fraction of sp³-hybridized carbons (Fsp3) is 0.143. The number of nitrogens with two attached hydrogens (primary N) is 1. The molecule has 0 saturated heterocycles. The number of benzene rings is 1. The molecule has 1 unspecified atom stereocenters. The molecule has 4 rings (SSSR count). The van der Waals surface area contributed by atoms with Crippen molar-refractivity contribution in [3.05, 3.63) is 64.7 Å². The van der Waals surface area contributed by atoms with Gasteiger partial charge in [0, 0.05) is 22.2 Å². The summed E-state index contributed by atoms with van der Waals surface area (Å²) in [4.78, 5) is 13.4. The van der Waals surface area contributed by atoms with Crippen LogP contribution in [0.15, 0.2) is 48.7 Å². The number of nitriles is 1. The number of aliphatic hydroxyl groups excluding tert-OH is 1. The first kappa shape index (κ1) is 21.5. The third-order valence-electron chi connectivity index (χ3n) is 4.43. The van der Waals surface area contributed by atoms with E-state index in [1.165, 1.54) is 18.3 Å². The van der Waals surface area contributed by atoms with Crippen LogP contribution in [0.2, 0.25) is 0 Å². The van der Waals surface area contributed by atoms with Crippen molar-refractivity contribution in [3.8, 4) is 23.3 Å². The average Bonchev–Trinajstić information content (AvgIpc) is 3.22. The van der Waals surface area contributed by atoms with Crippen LogP contribution in [0.1, 0.15) is 22.1 Å². The van der Waals surface area contributed by atoms with E-state index in [0.717, 1.165) is 11.3 Å². The van der Waals surface area contributed by atoms with E-state index in [2.05, 4.69) is 15.0 Å². The molecule has 11 heteroatoms. The Balaban J connectivity index is 1.70. The molecule has 1 aromatic carbocycles. The third kappa shape index (κ3) is 4.46. The van der Waals surface area contributed by atoms with Crippen LogP contribution in [0.25, 0.3) is 21.6 Å². The largest absolute Gasteiger partial charge is 0.468 e. The van der Waals surface area contributed by atoms with Gasteiger partial charge in [-0.25, -0.2) is 15.0 Å². The molecule has 0 aliphatic heterocycles. The number of fused-ring (bicyclic) bond motifs is 1. The van der Waals surface area contributed by atoms with Crippen molar-refractivity contribution >= 4 is 27.4 Å². The number of aliphatic hydroxyl groups is 1. The maximum atomic E-state index is 12.5. The second kappa shape index (κ2) is 8.41. The monoisotopic (exact) mass is 457 g/mol. The molecule has 32 heavy (non-hydrogen) atoms. The number of hydrogen-bond donors (Lipinski definition) is 2. The smallest absolute Gasteiger partial charge is 0.422 e. The van der Waals surface area contributed by atoms with Gasteiger partial charge in [-0.05, 0) is 30.3 Å². The highest BCUT2D eigenvalue weighted by Gasteiger charge is 2.30. The quantitative estimate of drug-likeness (QED) is 0.460. The van der Waals surface area contributed by atoms with Crippen LogP contribution >= 0.6 is 11.3 Å². The fourth-order valence-corrected chi connectivity index (χ4v) is 4.03. The summed E-state index contributed by atoms with van der Waals surface area (Å²) in [6.45, 7) is -1.53. The molecule has 162 valence electrons. The first-order chi connectivity index (χ1) is 15.2. The molecule has 0 radical (unpaired) electrons. The topological polar surface area (TPSA) is 118 Å². The minimum absolute atomic E-state index is 0.0804. The highest BCUT2D eigenvalue weighted by molar-refractivity contribution is 7.18. The maximum absolute atomic E-state index is 12.5. The van der Waals surface area contributed by atoms with Crippen molar-refractivity contribution < 1.29 is 23.0 Å². The average molecular weight is 457 g/mol. The highest BCUT2D eigenvalue weighted by atomic mass is 32.1. The molecule has 0 aliphatic rings. The van der Waals surface area contributed by atoms with Gasteiger partial charge in [-0.2, -0.15) is 18.4 Å². The van der Waals surface area contributed by atoms with Crippen molar-refractivity contribution in [2.24, 2.45) is 0 Å². The van der Waals surface area contributed by atoms with Gasteiger partial charge in [0.15, 0.2) is 12.4 Å². The van der Waals surface area contributed by atoms with Gasteiger partial charge in [-0.3, -0.25) is 0 Å². The molecule has 0 bridgehead atoms. The van der Waals surface area contributed by atoms with Crippen molar-refractivity contribution in [1.82, 2.24) is 15.0 Å². The molecule has 0 fully saturated rings. The Hall–Kier alpha value is -3.75. The summed E-state index contributed by atoms with van der Waals surface area (Å²) in [6.07, 6.45) is -4.57. The van der Waals surface area contributed by atoms with Crippen LogP contribution in [-0.4, -0.2) is 32.8 Å². The van der Waals surface area contributed by atoms with Crippen LogP contribution in [0.5, 0.6) is 5.88 Å². The molecular formula is C21H14F3N5O2S. The number of aromatic nitrogens is 3. The Morgan fingerprint density at radius 1 is 1.19 bits per heavy atom. The number of thiophene rings is 1. The Morgan fingerprint density at radius 3 is 2.75 bits per heavy atom. The van der Waals surface area contributed by atoms with Crippen LogP contribution in [0.3, 0.4) is 0 Å². The molecule has 0 aliphatic carbocycles. The summed E-state index contributed by atoms with van der Waals surface area (Å²) in [5.41, 5.74) is 7.21. The van der Waals surface area contributed by atoms with E-state index in [1.807, 2.05) is 6.07 Å². The number of halogens is 3. The van der Waals surface area contributed by atoms with Gasteiger partial charge in [-0.1, -0.05) is 12.1 Å². The number of alkyl halides is 3. The standard InChI is InChI=1S/C21H14F3N5O2S/c22-21(23,24)10-31-19-13(5-2-6-27-19)16(30)15-8-14-17(26)28-18(29-20(14)32-15)12-4-1-3-11(7-12)9-25/h1-8,16,30H,10H2,(H2,26,28,29). The number of nitrogens with zero attached hydrogens (tertiary/aromatic N) is 4. The van der Waals surface area contributed by atoms with Crippen LogP contribution < -0.4 is 10.5 Å². The molecule has 3 aromatic heterocycles. The van der Waals surface area contributed by atoms with Gasteiger partial charge >= 0.3 is 6.18 Å². The first-order valence-electron chi connectivity index (χ1n) is 9.15. The lowest BCUT2D eigenvalue weighted by Gasteiger charge is -2.14. The summed E-state index contributed by atoms with van der Waals surface area (Å²) in [7, 11) is 0. The van der Waals surface area contributed by atoms with Gasteiger partial charge in [0.2, 0.25) is 5.88 Å². The lowest BCUT2D eigenvalue weighted by molar-refractivity contribution is -0.154. The van der Waals surface area contributed by atoms with Gasteiger partial charge < -0.3 is 15.6 Å². The zero-order valence-electron chi connectivity index (χ0n) is 16.2. The van der Waals surface area contributed by atoms with E-state index >= 15 is 0 Å². The van der Waals surface area contributed by atoms with E-state index in [4.69, 9.17) is 15.7 Å². The number of pyridine rings is 1. The Labute approximate surface area is 183 Å². The SMILES string of the molecule is N#Cc1cccc(-c2nc(N)c3cc(C(O)c4cccnc4OCC(F)(F)F)sc3n2)c1. The summed E-state index contributed by atoms with van der Waals surface area (Å²) in [5.74, 6) is 0.162. The fourth-order valence-electron chi connectivity index (χ4n) is 2.99. The Kier molecular flexibility index (Phi) is 5.65. The lowest BCUT2D eigenvalue weighted by Crippen LogP contribution is -2.20. The van der Waals surface area contributed by atoms with E-state index in [9.17, 15) is 18.3 Å². The lowest BCUT2D eigenvalue weighted by atomic mass is 10.1. The van der Waals surface area contributed by atoms with Crippen LogP contribution in [0, 0.1) is 11.3 Å². The molecule has 0 spiro atoms. The molecule has 0 saturated carbocycles. The van der Waals surface area contributed by atoms with Gasteiger partial charge in [0.05, 0.1) is 17.0 Å². The number of nitrogen functional groups attached to an aromatic ring is 1. The predicted molar refractivity (Wildman–Crippen MR) is 112 cm³/mol. The van der Waals surface area contributed by atoms with E-state index in [1.54, 1.807) is 30.3 Å². The number of anilines is 1. The van der Waals surface area contributed by atoms with E-state index in [0.29, 0.717) is 32.0 Å². The molecule has 3 heterocycles. The summed E-state index contributed by atoms with van der Waals surface area (Å²) in [5, 5.41) is 20.4. The molecule has 7 nitrogen and oxygen atoms in total. The maximum Gasteiger partial charge on any atom is 0.422 e. The zero-order chi connectivity index (χ0) is 22.9. The van der Waals surface area contributed by atoms with Gasteiger partial charge in [-0.15, -0.1) is 11.3 Å². The molecule has 0 amide bonds. The van der Waals surface area contributed by atoms with Gasteiger partial charge in [0.25, 0.3) is 0 Å². The van der Waals surface area contributed by atoms with Crippen molar-refractivity contribution in [1.29, 1.82) is 5.26 Å². The third-order valence-corrected chi connectivity index (χ3v) is 5.51. The predicted octanol–water partition coefficient (Wildman–Crippen LogP) is 4.23. The zero-order valence-corrected chi connectivity index (χ0v) is 17.0. The molecule has 1 atom stereocenters. The number of rotatable bonds is 5. The second-order valence-corrected chi connectivity index (χ2v) is 7.76. The van der Waals surface area contributed by atoms with Gasteiger partial charge in [0.1, 0.15) is 16.8 Å². The summed E-state index contributed by atoms with van der Waals surface area (Å²) < 4.78 is 42.4. The van der Waals surface area contributed by atoms with Crippen LogP contribution in [0.4, 0.5) is 19.0 Å². The van der Waals surface area contributed by atoms with E-state index < -0.39 is 18.9 Å². The van der Waals surface area contributed by atoms with Crippen molar-refractivity contribution in [2.45, 2.75) is 12.3 Å². The normalized spacial score (nSPS) is 12.5. The van der Waals surface area contributed by atoms with E-state index in [-0.39, 0.29) is 17.3 Å². The minimum atomic E-state index is -4.54. The number of ether oxygens (including phenoxy) is 1. The minimum Gasteiger partial charge on any atom is -0.468 e. The summed E-state index contributed by atoms with van der Waals surface area (Å²) >= 11 is 1.11. The molecular weight excluding hydrogens is 443 g/mol. The Bertz CT molecular complexity index is 1330. The second-order valence-electron chi connectivity index (χ2n) is 6.70. The van der Waals surface area contributed by atoms with Crippen LogP contribution in [-0.2, 0) is 0 Å². The number of hydrogen-bond acceptors (Lipinski definition) is 8. The molecule has 3 N–H and O–H groups in total. The highest BCUT2D eigenvalue weighted by Crippen LogP contribution is 2.37. The summed E-state index contributed by atoms with van der Waals surface area (Å²) in [6, 6.07) is 13.3. The first-order valence-corrected chi connectivity index (χ1v) is 9.97. The van der Waals surface area contributed by atoms with Crippen molar-refractivity contribution in [2.75, 3.05) is 12.3 Å². The molecule has 4 aromatic rings. The van der Waals surface area contributed by atoms with Crippen molar-refractivity contribution in [3.63, 3.8) is 0 Å².